The van der Waals surface area contributed by atoms with E-state index < -0.39 is 17.2 Å². The molecule has 1 aliphatic heterocycles. The number of nitrogens with one attached hydrogen (secondary N) is 1. The first-order valence-corrected chi connectivity index (χ1v) is 9.82. The van der Waals surface area contributed by atoms with Crippen LogP contribution in [0.3, 0.4) is 0 Å². The maximum atomic E-state index is 13.2. The van der Waals surface area contributed by atoms with Gasteiger partial charge >= 0.3 is 0 Å². The summed E-state index contributed by atoms with van der Waals surface area (Å²) in [4.78, 5) is 26.1. The van der Waals surface area contributed by atoms with Crippen LogP contribution in [-0.4, -0.2) is 42.6 Å². The van der Waals surface area contributed by atoms with E-state index in [1.54, 1.807) is 14.0 Å². The van der Waals surface area contributed by atoms with Crippen molar-refractivity contribution in [3.05, 3.63) is 65.7 Å². The third kappa shape index (κ3) is 3.78. The highest BCUT2D eigenvalue weighted by Crippen LogP contribution is 2.55. The van der Waals surface area contributed by atoms with Crippen molar-refractivity contribution in [1.82, 2.24) is 5.32 Å². The maximum absolute atomic E-state index is 13.2. The molecule has 1 saturated carbocycles. The van der Waals surface area contributed by atoms with E-state index in [0.29, 0.717) is 19.4 Å². The highest BCUT2D eigenvalue weighted by molar-refractivity contribution is 6.04. The number of nitrogens with two attached hydrogens (primary N) is 1. The second-order valence-electron chi connectivity index (χ2n) is 8.14. The Labute approximate surface area is 170 Å². The largest absolute Gasteiger partial charge is 0.497 e. The molecule has 2 fully saturated rings. The van der Waals surface area contributed by atoms with E-state index in [2.05, 4.69) is 5.32 Å². The average Bonchev–Trinajstić information content (AvgIpc) is 3.66. The Morgan fingerprint density at radius 3 is 2.45 bits per heavy atom. The van der Waals surface area contributed by atoms with Crippen molar-refractivity contribution in [2.45, 2.75) is 42.9 Å². The van der Waals surface area contributed by atoms with Crippen molar-refractivity contribution in [3.63, 3.8) is 0 Å². The van der Waals surface area contributed by atoms with Gasteiger partial charge in [-0.1, -0.05) is 42.5 Å². The summed E-state index contributed by atoms with van der Waals surface area (Å²) in [6.45, 7) is 2.17. The number of benzene rings is 2. The van der Waals surface area contributed by atoms with Gasteiger partial charge < -0.3 is 20.5 Å². The predicted molar refractivity (Wildman–Crippen MR) is 109 cm³/mol. The number of hydrogen-bond acceptors (Lipinski definition) is 5. The summed E-state index contributed by atoms with van der Waals surface area (Å²) in [5, 5.41) is 2.99. The van der Waals surface area contributed by atoms with E-state index in [1.165, 1.54) is 0 Å². The molecule has 3 N–H and O–H groups in total. The highest BCUT2D eigenvalue weighted by atomic mass is 16.6. The average molecular weight is 394 g/mol. The van der Waals surface area contributed by atoms with Crippen molar-refractivity contribution in [2.75, 3.05) is 13.7 Å². The minimum Gasteiger partial charge on any atom is -0.497 e. The summed E-state index contributed by atoms with van der Waals surface area (Å²) < 4.78 is 10.5. The zero-order chi connectivity index (χ0) is 20.6. The second kappa shape index (κ2) is 7.28. The van der Waals surface area contributed by atoms with Gasteiger partial charge in [-0.05, 0) is 43.0 Å². The number of carbonyl (C=O) groups excluding carboxylic acids is 2. The molecule has 1 saturated heterocycles. The predicted octanol–water partition coefficient (Wildman–Crippen LogP) is 1.97. The Hall–Kier alpha value is -2.70. The fourth-order valence-corrected chi connectivity index (χ4v) is 3.93. The third-order valence-electron chi connectivity index (χ3n) is 5.92. The van der Waals surface area contributed by atoms with Crippen LogP contribution in [0.4, 0.5) is 0 Å². The van der Waals surface area contributed by atoms with Gasteiger partial charge in [0.05, 0.1) is 19.8 Å². The van der Waals surface area contributed by atoms with Gasteiger partial charge in [0.1, 0.15) is 16.9 Å². The number of hydrogen-bond donors (Lipinski definition) is 2. The van der Waals surface area contributed by atoms with Crippen molar-refractivity contribution in [2.24, 2.45) is 5.73 Å². The Kier molecular flexibility index (Phi) is 4.92. The zero-order valence-corrected chi connectivity index (χ0v) is 16.7. The summed E-state index contributed by atoms with van der Waals surface area (Å²) in [6, 6.07) is 16.5. The molecule has 1 amide bonds. The molecule has 152 valence electrons. The number of ether oxygens (including phenoxy) is 2. The van der Waals surface area contributed by atoms with Crippen LogP contribution in [0, 0.1) is 0 Å². The molecule has 1 heterocycles. The summed E-state index contributed by atoms with van der Waals surface area (Å²) in [5.74, 6) is 0.299. The van der Waals surface area contributed by atoms with Crippen molar-refractivity contribution in [1.29, 1.82) is 0 Å². The van der Waals surface area contributed by atoms with Gasteiger partial charge in [0.25, 0.3) is 0 Å². The molecular formula is C23H26N2O4. The van der Waals surface area contributed by atoms with Crippen LogP contribution in [0.2, 0.25) is 0 Å². The Morgan fingerprint density at radius 1 is 1.21 bits per heavy atom. The molecule has 0 radical (unpaired) electrons. The van der Waals surface area contributed by atoms with E-state index in [-0.39, 0.29) is 17.6 Å². The minimum absolute atomic E-state index is 0.0608. The number of Topliss-reactive ketones (excluding diaryl/α,β-unsaturated/α-hetero) is 1. The molecule has 0 bridgehead atoms. The van der Waals surface area contributed by atoms with Gasteiger partial charge in [0.15, 0.2) is 5.78 Å². The molecule has 29 heavy (non-hydrogen) atoms. The molecule has 0 spiro atoms. The Morgan fingerprint density at radius 2 is 1.86 bits per heavy atom. The number of methoxy groups -OCH3 is 1. The lowest BCUT2D eigenvalue weighted by Gasteiger charge is -2.23. The fourth-order valence-electron chi connectivity index (χ4n) is 3.93. The van der Waals surface area contributed by atoms with E-state index in [0.717, 1.165) is 16.9 Å². The van der Waals surface area contributed by atoms with Gasteiger partial charge in [-0.25, -0.2) is 0 Å². The molecule has 2 aromatic rings. The van der Waals surface area contributed by atoms with E-state index >= 15 is 0 Å². The zero-order valence-electron chi connectivity index (χ0n) is 16.7. The van der Waals surface area contributed by atoms with Gasteiger partial charge in [-0.3, -0.25) is 9.59 Å². The standard InChI is InChI=1S/C23H26N2O4/c1-22(14-29-22)21(27)23(13-18(23)16-6-4-3-5-7-16)25-20(26)19(24)12-15-8-10-17(28-2)11-9-15/h3-11,18-19H,12-14,24H2,1-2H3,(H,25,26)/t18?,19-,22+,23?/m0/s1. The van der Waals surface area contributed by atoms with E-state index in [4.69, 9.17) is 15.2 Å². The molecule has 4 atom stereocenters. The SMILES string of the molecule is COc1ccc(C[C@H](N)C(=O)NC2(C(=O)[C@@]3(C)CO3)CC2c2ccccc2)cc1. The normalized spacial score (nSPS) is 28.3. The molecule has 0 aromatic heterocycles. The van der Waals surface area contributed by atoms with Crippen LogP contribution >= 0.6 is 0 Å². The summed E-state index contributed by atoms with van der Waals surface area (Å²) >= 11 is 0. The van der Waals surface area contributed by atoms with E-state index in [9.17, 15) is 9.59 Å². The van der Waals surface area contributed by atoms with Crippen LogP contribution in [0.15, 0.2) is 54.6 Å². The van der Waals surface area contributed by atoms with Crippen LogP contribution in [0.5, 0.6) is 5.75 Å². The first-order valence-electron chi connectivity index (χ1n) is 9.82. The molecule has 2 aliphatic rings. The molecule has 6 heteroatoms. The maximum Gasteiger partial charge on any atom is 0.238 e. The van der Waals surface area contributed by atoms with Crippen LogP contribution in [0.1, 0.15) is 30.4 Å². The lowest BCUT2D eigenvalue weighted by molar-refractivity contribution is -0.132. The van der Waals surface area contributed by atoms with Crippen LogP contribution in [0.25, 0.3) is 0 Å². The Bertz CT molecular complexity index is 908. The molecule has 6 nitrogen and oxygen atoms in total. The molecule has 4 rings (SSSR count). The smallest absolute Gasteiger partial charge is 0.238 e. The van der Waals surface area contributed by atoms with Crippen molar-refractivity contribution < 1.29 is 19.1 Å². The lowest BCUT2D eigenvalue weighted by atomic mass is 9.93. The lowest BCUT2D eigenvalue weighted by Crippen LogP contribution is -2.54. The second-order valence-corrected chi connectivity index (χ2v) is 8.14. The number of ketones is 1. The van der Waals surface area contributed by atoms with E-state index in [1.807, 2.05) is 54.6 Å². The summed E-state index contributed by atoms with van der Waals surface area (Å²) in [6.07, 6.45) is 0.944. The molecule has 2 aromatic carbocycles. The van der Waals surface area contributed by atoms with Gasteiger partial charge in [-0.2, -0.15) is 0 Å². The van der Waals surface area contributed by atoms with Gasteiger partial charge in [0.2, 0.25) is 5.91 Å². The van der Waals surface area contributed by atoms with Gasteiger partial charge in [0, 0.05) is 5.92 Å². The number of rotatable bonds is 8. The first-order chi connectivity index (χ1) is 13.9. The molecule has 1 aliphatic carbocycles. The van der Waals surface area contributed by atoms with Crippen LogP contribution in [-0.2, 0) is 20.7 Å². The minimum atomic E-state index is -0.943. The van der Waals surface area contributed by atoms with Crippen molar-refractivity contribution >= 4 is 11.7 Å². The molecular weight excluding hydrogens is 368 g/mol. The number of carbonyl (C=O) groups is 2. The van der Waals surface area contributed by atoms with Crippen molar-refractivity contribution in [3.8, 4) is 5.75 Å². The summed E-state index contributed by atoms with van der Waals surface area (Å²) in [7, 11) is 1.60. The van der Waals surface area contributed by atoms with Gasteiger partial charge in [-0.15, -0.1) is 0 Å². The summed E-state index contributed by atoms with van der Waals surface area (Å²) in [5.41, 5.74) is 6.39. The topological polar surface area (TPSA) is 93.9 Å². The quantitative estimate of drug-likeness (QED) is 0.668. The fraction of sp³-hybridized carbons (Fsp3) is 0.391. The Balaban J connectivity index is 1.49. The molecule has 2 unspecified atom stereocenters. The van der Waals surface area contributed by atoms with Crippen LogP contribution < -0.4 is 15.8 Å². The first kappa shape index (κ1) is 19.6. The monoisotopic (exact) mass is 394 g/mol. The third-order valence-corrected chi connectivity index (χ3v) is 5.92. The number of epoxide rings is 1. The highest BCUT2D eigenvalue weighted by Gasteiger charge is 2.68. The number of amides is 1.